The third kappa shape index (κ3) is 3.14. The van der Waals surface area contributed by atoms with Crippen LogP contribution in [0.1, 0.15) is 47.0 Å². The van der Waals surface area contributed by atoms with Crippen molar-refractivity contribution in [3.05, 3.63) is 29.6 Å². The molecule has 2 N–H and O–H groups in total. The lowest BCUT2D eigenvalue weighted by atomic mass is 9.87. The van der Waals surface area contributed by atoms with Crippen LogP contribution in [-0.2, 0) is 4.74 Å². The van der Waals surface area contributed by atoms with Crippen LogP contribution in [0.25, 0.3) is 0 Å². The van der Waals surface area contributed by atoms with Gasteiger partial charge in [-0.15, -0.1) is 0 Å². The number of aromatic nitrogens is 1. The van der Waals surface area contributed by atoms with Crippen LogP contribution in [0.4, 0.5) is 0 Å². The summed E-state index contributed by atoms with van der Waals surface area (Å²) in [6, 6.07) is 2.66. The van der Waals surface area contributed by atoms with E-state index in [1.165, 1.54) is 18.3 Å². The molecule has 0 saturated carbocycles. The number of hydrogen-bond acceptors (Lipinski definition) is 4. The molecule has 1 aliphatic rings. The van der Waals surface area contributed by atoms with Gasteiger partial charge in [0.1, 0.15) is 5.69 Å². The molecule has 2 rings (SSSR count). The average molecular weight is 278 g/mol. The number of aromatic carboxylic acids is 1. The Kier molecular flexibility index (Phi) is 4.34. The predicted octanol–water partition coefficient (Wildman–Crippen LogP) is 1.47. The van der Waals surface area contributed by atoms with Crippen molar-refractivity contribution in [1.29, 1.82) is 0 Å². The Labute approximate surface area is 117 Å². The van der Waals surface area contributed by atoms with E-state index in [1.54, 1.807) is 0 Å². The zero-order chi connectivity index (χ0) is 14.6. The molecular formula is C14H18N2O4. The van der Waals surface area contributed by atoms with Crippen LogP contribution >= 0.6 is 0 Å². The zero-order valence-corrected chi connectivity index (χ0v) is 11.4. The van der Waals surface area contributed by atoms with Crippen LogP contribution in [-0.4, -0.2) is 40.7 Å². The van der Waals surface area contributed by atoms with Gasteiger partial charge in [0.2, 0.25) is 0 Å². The number of carboxylic acid groups (broad SMARTS) is 1. The first-order valence-electron chi connectivity index (χ1n) is 6.66. The fraction of sp³-hybridized carbons (Fsp3) is 0.500. The van der Waals surface area contributed by atoms with Crippen LogP contribution in [0.5, 0.6) is 0 Å². The maximum atomic E-state index is 12.2. The molecule has 0 radical (unpaired) electrons. The predicted molar refractivity (Wildman–Crippen MR) is 71.7 cm³/mol. The second kappa shape index (κ2) is 6.00. The third-order valence-electron chi connectivity index (χ3n) is 3.74. The van der Waals surface area contributed by atoms with Gasteiger partial charge in [0.05, 0.1) is 5.56 Å². The van der Waals surface area contributed by atoms with Gasteiger partial charge in [-0.05, 0) is 31.4 Å². The van der Waals surface area contributed by atoms with Crippen LogP contribution in [0.2, 0.25) is 0 Å². The van der Waals surface area contributed by atoms with E-state index in [-0.39, 0.29) is 22.7 Å². The molecule has 20 heavy (non-hydrogen) atoms. The fourth-order valence-corrected chi connectivity index (χ4v) is 2.32. The summed E-state index contributed by atoms with van der Waals surface area (Å²) < 4.78 is 5.32. The van der Waals surface area contributed by atoms with Crippen molar-refractivity contribution < 1.29 is 19.4 Å². The molecular weight excluding hydrogens is 260 g/mol. The number of pyridine rings is 1. The molecule has 1 amide bonds. The highest BCUT2D eigenvalue weighted by atomic mass is 16.5. The lowest BCUT2D eigenvalue weighted by Crippen LogP contribution is -2.51. The van der Waals surface area contributed by atoms with E-state index in [0.717, 1.165) is 19.3 Å². The zero-order valence-electron chi connectivity index (χ0n) is 11.4. The molecule has 6 nitrogen and oxygen atoms in total. The lowest BCUT2D eigenvalue weighted by Gasteiger charge is -2.37. The highest BCUT2D eigenvalue weighted by molar-refractivity contribution is 5.96. The van der Waals surface area contributed by atoms with Crippen LogP contribution in [0.15, 0.2) is 18.3 Å². The molecule has 0 spiro atoms. The van der Waals surface area contributed by atoms with E-state index >= 15 is 0 Å². The average Bonchev–Trinajstić information content (AvgIpc) is 2.48. The van der Waals surface area contributed by atoms with Crippen molar-refractivity contribution in [1.82, 2.24) is 10.3 Å². The quantitative estimate of drug-likeness (QED) is 0.870. The number of nitrogens with one attached hydrogen (secondary N) is 1. The lowest BCUT2D eigenvalue weighted by molar-refractivity contribution is 0.0343. The summed E-state index contributed by atoms with van der Waals surface area (Å²) in [5.41, 5.74) is -0.0946. The van der Waals surface area contributed by atoms with Crippen molar-refractivity contribution >= 4 is 11.9 Å². The standard InChI is InChI=1S/C14H18N2O4/c1-2-14(4-7-20-8-5-14)16-12(17)11-9-10(13(18)19)3-6-15-11/h3,6,9H,2,4-5,7-8H2,1H3,(H,16,17)(H,18,19). The van der Waals surface area contributed by atoms with Gasteiger partial charge >= 0.3 is 5.97 Å². The van der Waals surface area contributed by atoms with Gasteiger partial charge in [0.25, 0.3) is 5.91 Å². The fourth-order valence-electron chi connectivity index (χ4n) is 2.32. The summed E-state index contributed by atoms with van der Waals surface area (Å²) in [5.74, 6) is -1.41. The second-order valence-corrected chi connectivity index (χ2v) is 4.94. The van der Waals surface area contributed by atoms with Gasteiger partial charge in [0.15, 0.2) is 0 Å². The summed E-state index contributed by atoms with van der Waals surface area (Å²) in [6.07, 6.45) is 3.66. The van der Waals surface area contributed by atoms with E-state index in [0.29, 0.717) is 13.2 Å². The number of carbonyl (C=O) groups is 2. The Bertz CT molecular complexity index is 510. The van der Waals surface area contributed by atoms with E-state index in [2.05, 4.69) is 10.3 Å². The Morgan fingerprint density at radius 3 is 2.75 bits per heavy atom. The molecule has 1 fully saturated rings. The van der Waals surface area contributed by atoms with Gasteiger partial charge in [-0.1, -0.05) is 6.92 Å². The van der Waals surface area contributed by atoms with Crippen molar-refractivity contribution in [2.24, 2.45) is 0 Å². The minimum absolute atomic E-state index is 0.0580. The molecule has 0 bridgehead atoms. The van der Waals surface area contributed by atoms with Gasteiger partial charge < -0.3 is 15.2 Å². The first-order chi connectivity index (χ1) is 9.56. The molecule has 108 valence electrons. The topological polar surface area (TPSA) is 88.5 Å². The number of hydrogen-bond donors (Lipinski definition) is 2. The molecule has 0 aromatic carbocycles. The van der Waals surface area contributed by atoms with Gasteiger partial charge in [0, 0.05) is 24.9 Å². The Balaban J connectivity index is 2.14. The number of amides is 1. The third-order valence-corrected chi connectivity index (χ3v) is 3.74. The monoisotopic (exact) mass is 278 g/mol. The first-order valence-corrected chi connectivity index (χ1v) is 6.66. The summed E-state index contributed by atoms with van der Waals surface area (Å²) in [4.78, 5) is 27.1. The van der Waals surface area contributed by atoms with Gasteiger partial charge in [-0.25, -0.2) is 4.79 Å². The second-order valence-electron chi connectivity index (χ2n) is 4.94. The smallest absolute Gasteiger partial charge is 0.335 e. The van der Waals surface area contributed by atoms with Crippen LogP contribution in [0, 0.1) is 0 Å². The maximum Gasteiger partial charge on any atom is 0.335 e. The van der Waals surface area contributed by atoms with Crippen molar-refractivity contribution in [2.45, 2.75) is 31.7 Å². The van der Waals surface area contributed by atoms with Crippen LogP contribution < -0.4 is 5.32 Å². The van der Waals surface area contributed by atoms with Crippen molar-refractivity contribution in [3.8, 4) is 0 Å². The molecule has 0 aliphatic carbocycles. The Morgan fingerprint density at radius 1 is 1.45 bits per heavy atom. The Morgan fingerprint density at radius 2 is 2.15 bits per heavy atom. The summed E-state index contributed by atoms with van der Waals surface area (Å²) in [7, 11) is 0. The molecule has 1 saturated heterocycles. The summed E-state index contributed by atoms with van der Waals surface area (Å²) >= 11 is 0. The minimum atomic E-state index is -1.07. The number of carboxylic acids is 1. The first kappa shape index (κ1) is 14.5. The molecule has 6 heteroatoms. The molecule has 2 heterocycles. The SMILES string of the molecule is CCC1(NC(=O)c2cc(C(=O)O)ccn2)CCOCC1. The molecule has 1 aromatic heterocycles. The molecule has 1 aliphatic heterocycles. The molecule has 0 atom stereocenters. The van der Waals surface area contributed by atoms with Crippen LogP contribution in [0.3, 0.4) is 0 Å². The van der Waals surface area contributed by atoms with E-state index in [1.807, 2.05) is 6.92 Å². The summed E-state index contributed by atoms with van der Waals surface area (Å²) in [5, 5.41) is 11.9. The molecule has 1 aromatic rings. The minimum Gasteiger partial charge on any atom is -0.478 e. The van der Waals surface area contributed by atoms with Crippen molar-refractivity contribution in [3.63, 3.8) is 0 Å². The number of carbonyl (C=O) groups excluding carboxylic acids is 1. The van der Waals surface area contributed by atoms with E-state index in [9.17, 15) is 9.59 Å². The highest BCUT2D eigenvalue weighted by Crippen LogP contribution is 2.24. The largest absolute Gasteiger partial charge is 0.478 e. The summed E-state index contributed by atoms with van der Waals surface area (Å²) in [6.45, 7) is 3.26. The number of ether oxygens (including phenoxy) is 1. The normalized spacial score (nSPS) is 17.4. The van der Waals surface area contributed by atoms with Crippen molar-refractivity contribution in [2.75, 3.05) is 13.2 Å². The Hall–Kier alpha value is -1.95. The highest BCUT2D eigenvalue weighted by Gasteiger charge is 2.32. The van der Waals surface area contributed by atoms with E-state index in [4.69, 9.17) is 9.84 Å². The number of nitrogens with zero attached hydrogens (tertiary/aromatic N) is 1. The number of rotatable bonds is 4. The van der Waals surface area contributed by atoms with Gasteiger partial charge in [-0.2, -0.15) is 0 Å². The molecule has 0 unspecified atom stereocenters. The van der Waals surface area contributed by atoms with Gasteiger partial charge in [-0.3, -0.25) is 9.78 Å². The maximum absolute atomic E-state index is 12.2. The van der Waals surface area contributed by atoms with E-state index < -0.39 is 5.97 Å².